The molecule has 0 bridgehead atoms. The van der Waals surface area contributed by atoms with Gasteiger partial charge in [-0.3, -0.25) is 9.78 Å². The number of hydrogen-bond donors (Lipinski definition) is 2. The number of rotatable bonds is 12. The summed E-state index contributed by atoms with van der Waals surface area (Å²) in [5, 5.41) is 21.8. The minimum atomic E-state index is -0.747. The Morgan fingerprint density at radius 1 is 1.36 bits per heavy atom. The number of aromatic nitrogens is 1. The number of carboxylic acid groups (broad SMARTS) is 1. The lowest BCUT2D eigenvalue weighted by Crippen LogP contribution is -2.42. The third-order valence-corrected chi connectivity index (χ3v) is 7.99. The zero-order valence-electron chi connectivity index (χ0n) is 19.5. The van der Waals surface area contributed by atoms with Gasteiger partial charge in [-0.2, -0.15) is 11.8 Å². The lowest BCUT2D eigenvalue weighted by Gasteiger charge is -2.38. The van der Waals surface area contributed by atoms with Crippen molar-refractivity contribution < 1.29 is 19.7 Å². The molecular formula is C25H35ClN2O4S. The molecule has 3 rings (SSSR count). The second kappa shape index (κ2) is 12.8. The van der Waals surface area contributed by atoms with Gasteiger partial charge in [0.15, 0.2) is 0 Å². The number of hydrogen-bond acceptors (Lipinski definition) is 6. The molecule has 182 valence electrons. The Labute approximate surface area is 205 Å². The number of fused-ring (bicyclic) bond motifs is 1. The van der Waals surface area contributed by atoms with E-state index in [1.165, 1.54) is 12.2 Å². The predicted octanol–water partition coefficient (Wildman–Crippen LogP) is 5.27. The number of methoxy groups -OCH3 is 1. The van der Waals surface area contributed by atoms with Gasteiger partial charge in [0.1, 0.15) is 5.75 Å². The Kier molecular flexibility index (Phi) is 10.1. The predicted molar refractivity (Wildman–Crippen MR) is 135 cm³/mol. The number of carboxylic acids is 1. The molecule has 1 aromatic carbocycles. The first kappa shape index (κ1) is 26.1. The van der Waals surface area contributed by atoms with Gasteiger partial charge in [-0.05, 0) is 68.0 Å². The quantitative estimate of drug-likeness (QED) is 0.389. The lowest BCUT2D eigenvalue weighted by molar-refractivity contribution is -0.139. The van der Waals surface area contributed by atoms with Gasteiger partial charge in [0, 0.05) is 42.4 Å². The first-order valence-corrected chi connectivity index (χ1v) is 13.3. The van der Waals surface area contributed by atoms with Crippen molar-refractivity contribution in [1.82, 2.24) is 9.88 Å². The van der Waals surface area contributed by atoms with Crippen LogP contribution in [-0.4, -0.2) is 64.3 Å². The van der Waals surface area contributed by atoms with E-state index in [-0.39, 0.29) is 18.3 Å². The molecule has 0 saturated carbocycles. The van der Waals surface area contributed by atoms with Crippen LogP contribution in [0.5, 0.6) is 5.75 Å². The molecule has 6 nitrogen and oxygen atoms in total. The third kappa shape index (κ3) is 7.22. The molecular weight excluding hydrogens is 460 g/mol. The van der Waals surface area contributed by atoms with Gasteiger partial charge >= 0.3 is 5.97 Å². The zero-order chi connectivity index (χ0) is 23.8. The van der Waals surface area contributed by atoms with Crippen LogP contribution < -0.4 is 4.74 Å². The number of nitrogens with zero attached hydrogens (tertiary/aromatic N) is 2. The minimum absolute atomic E-state index is 0.101. The van der Waals surface area contributed by atoms with Gasteiger partial charge in [0.25, 0.3) is 0 Å². The van der Waals surface area contributed by atoms with E-state index in [0.29, 0.717) is 22.8 Å². The number of piperidine rings is 1. The number of pyridine rings is 1. The number of aliphatic carboxylic acids is 1. The number of aliphatic hydroxyl groups excluding tert-OH is 1. The first-order chi connectivity index (χ1) is 15.9. The van der Waals surface area contributed by atoms with E-state index >= 15 is 0 Å². The van der Waals surface area contributed by atoms with Crippen LogP contribution in [0, 0.1) is 11.8 Å². The van der Waals surface area contributed by atoms with Crippen LogP contribution in [-0.2, 0) is 4.79 Å². The first-order valence-electron chi connectivity index (χ1n) is 11.7. The molecule has 1 saturated heterocycles. The molecule has 0 amide bonds. The van der Waals surface area contributed by atoms with Crippen molar-refractivity contribution >= 4 is 40.2 Å². The summed E-state index contributed by atoms with van der Waals surface area (Å²) in [4.78, 5) is 18.3. The van der Waals surface area contributed by atoms with E-state index in [1.807, 2.05) is 30.0 Å². The van der Waals surface area contributed by atoms with Crippen molar-refractivity contribution in [3.63, 3.8) is 0 Å². The number of halogens is 1. The van der Waals surface area contributed by atoms with Crippen LogP contribution in [0.2, 0.25) is 5.02 Å². The van der Waals surface area contributed by atoms with Crippen LogP contribution in [0.4, 0.5) is 0 Å². The average Bonchev–Trinajstić information content (AvgIpc) is 2.80. The van der Waals surface area contributed by atoms with Gasteiger partial charge in [-0.1, -0.05) is 18.5 Å². The van der Waals surface area contributed by atoms with E-state index in [1.54, 1.807) is 13.3 Å². The van der Waals surface area contributed by atoms with Crippen LogP contribution in [0.15, 0.2) is 24.4 Å². The fraction of sp³-hybridized carbons (Fsp3) is 0.600. The highest BCUT2D eigenvalue weighted by atomic mass is 35.5. The summed E-state index contributed by atoms with van der Waals surface area (Å²) in [5.41, 5.74) is 1.42. The molecule has 2 N–H and O–H groups in total. The van der Waals surface area contributed by atoms with Crippen LogP contribution in [0.3, 0.4) is 0 Å². The highest BCUT2D eigenvalue weighted by molar-refractivity contribution is 7.99. The molecule has 1 aliphatic rings. The smallest absolute Gasteiger partial charge is 0.303 e. The van der Waals surface area contributed by atoms with Crippen molar-refractivity contribution in [2.45, 2.75) is 45.1 Å². The lowest BCUT2D eigenvalue weighted by atomic mass is 9.79. The van der Waals surface area contributed by atoms with Gasteiger partial charge in [-0.15, -0.1) is 0 Å². The number of ether oxygens (including phenoxy) is 1. The van der Waals surface area contributed by atoms with Gasteiger partial charge in [0.05, 0.1) is 23.8 Å². The third-order valence-electron chi connectivity index (χ3n) is 6.52. The maximum Gasteiger partial charge on any atom is 0.303 e. The Hall–Kier alpha value is -1.54. The van der Waals surface area contributed by atoms with E-state index in [2.05, 4.69) is 16.8 Å². The molecule has 0 radical (unpaired) electrons. The van der Waals surface area contributed by atoms with Gasteiger partial charge in [0.2, 0.25) is 0 Å². The Bertz CT molecular complexity index is 929. The number of benzene rings is 1. The Morgan fingerprint density at radius 3 is 2.91 bits per heavy atom. The summed E-state index contributed by atoms with van der Waals surface area (Å²) in [5.74, 6) is 2.58. The van der Waals surface area contributed by atoms with E-state index in [9.17, 15) is 15.0 Å². The molecule has 3 atom stereocenters. The molecule has 1 aliphatic heterocycles. The maximum absolute atomic E-state index is 11.5. The molecule has 1 aromatic heterocycles. The van der Waals surface area contributed by atoms with E-state index in [0.717, 1.165) is 49.1 Å². The Morgan fingerprint density at radius 2 is 2.18 bits per heavy atom. The molecule has 2 aromatic rings. The highest BCUT2D eigenvalue weighted by Gasteiger charge is 2.31. The van der Waals surface area contributed by atoms with Crippen LogP contribution >= 0.6 is 23.4 Å². The molecule has 0 spiro atoms. The summed E-state index contributed by atoms with van der Waals surface area (Å²) in [6.45, 7) is 5.00. The Balaban J connectivity index is 1.66. The van der Waals surface area contributed by atoms with E-state index < -0.39 is 12.1 Å². The van der Waals surface area contributed by atoms with Crippen LogP contribution in [0.1, 0.15) is 50.7 Å². The molecule has 3 unspecified atom stereocenters. The summed E-state index contributed by atoms with van der Waals surface area (Å²) >= 11 is 8.41. The molecule has 1 fully saturated rings. The van der Waals surface area contributed by atoms with Gasteiger partial charge < -0.3 is 19.8 Å². The van der Waals surface area contributed by atoms with Crippen molar-refractivity contribution in [1.29, 1.82) is 0 Å². The van der Waals surface area contributed by atoms with Crippen molar-refractivity contribution in [2.24, 2.45) is 11.8 Å². The topological polar surface area (TPSA) is 82.9 Å². The summed E-state index contributed by atoms with van der Waals surface area (Å²) in [7, 11) is 1.60. The summed E-state index contributed by atoms with van der Waals surface area (Å²) in [6, 6.07) is 5.55. The summed E-state index contributed by atoms with van der Waals surface area (Å²) < 4.78 is 5.34. The largest absolute Gasteiger partial charge is 0.497 e. The van der Waals surface area contributed by atoms with Crippen molar-refractivity contribution in [3.8, 4) is 5.75 Å². The standard InChI is InChI=1S/C25H35ClN2O4S/c1-3-11-33-12-10-28-9-8-17(18(16-28)13-24(30)31)4-7-23(29)25-20-14-19(32-2)5-6-22(20)27-15-21(25)26/h5-6,14-15,17-18,23,29H,3-4,7-13,16H2,1-2H3,(H,30,31). The average molecular weight is 495 g/mol. The molecule has 8 heteroatoms. The zero-order valence-corrected chi connectivity index (χ0v) is 21.1. The molecule has 0 aliphatic carbocycles. The number of carbonyl (C=O) groups is 1. The molecule has 33 heavy (non-hydrogen) atoms. The molecule has 2 heterocycles. The minimum Gasteiger partial charge on any atom is -0.497 e. The van der Waals surface area contributed by atoms with Crippen molar-refractivity contribution in [3.05, 3.63) is 35.0 Å². The van der Waals surface area contributed by atoms with Gasteiger partial charge in [-0.25, -0.2) is 0 Å². The second-order valence-electron chi connectivity index (χ2n) is 8.82. The fourth-order valence-electron chi connectivity index (χ4n) is 4.78. The second-order valence-corrected chi connectivity index (χ2v) is 10.4. The summed E-state index contributed by atoms with van der Waals surface area (Å²) in [6.07, 6.45) is 4.45. The number of likely N-dealkylation sites (tertiary alicyclic amines) is 1. The highest BCUT2D eigenvalue weighted by Crippen LogP contribution is 2.37. The maximum atomic E-state index is 11.5. The normalized spacial score (nSPS) is 20.1. The number of aliphatic hydroxyl groups is 1. The van der Waals surface area contributed by atoms with Crippen LogP contribution in [0.25, 0.3) is 10.9 Å². The SMILES string of the molecule is CCCSCCN1CCC(CCC(O)c2c(Cl)cnc3ccc(OC)cc23)C(CC(=O)O)C1. The monoisotopic (exact) mass is 494 g/mol. The number of thioether (sulfide) groups is 1. The van der Waals surface area contributed by atoms with E-state index in [4.69, 9.17) is 16.3 Å². The van der Waals surface area contributed by atoms with Crippen molar-refractivity contribution in [2.75, 3.05) is 38.2 Å². The fourth-order valence-corrected chi connectivity index (χ4v) is 5.94.